The van der Waals surface area contributed by atoms with Gasteiger partial charge in [-0.15, -0.1) is 0 Å². The molecule has 2 aliphatic rings. The molecule has 1 aromatic heterocycles. The zero-order valence-electron chi connectivity index (χ0n) is 13.4. The van der Waals surface area contributed by atoms with E-state index in [4.69, 9.17) is 4.74 Å². The van der Waals surface area contributed by atoms with E-state index in [1.807, 2.05) is 6.92 Å². The van der Waals surface area contributed by atoms with Crippen molar-refractivity contribution in [1.29, 1.82) is 0 Å². The molecule has 0 saturated heterocycles. The summed E-state index contributed by atoms with van der Waals surface area (Å²) in [4.78, 5) is 9.31. The van der Waals surface area contributed by atoms with Crippen molar-refractivity contribution < 1.29 is 4.74 Å². The molecule has 1 fully saturated rings. The number of aryl methyl sites for hydroxylation is 2. The summed E-state index contributed by atoms with van der Waals surface area (Å²) < 4.78 is 5.28. The topological polar surface area (TPSA) is 47.0 Å². The summed E-state index contributed by atoms with van der Waals surface area (Å²) >= 11 is 0. The van der Waals surface area contributed by atoms with Gasteiger partial charge in [-0.05, 0) is 57.3 Å². The Morgan fingerprint density at radius 1 is 1.14 bits per heavy atom. The highest BCUT2D eigenvalue weighted by molar-refractivity contribution is 5.48. The number of anilines is 1. The summed E-state index contributed by atoms with van der Waals surface area (Å²) in [6.45, 7) is 3.89. The van der Waals surface area contributed by atoms with Crippen LogP contribution in [-0.2, 0) is 17.6 Å². The van der Waals surface area contributed by atoms with Gasteiger partial charge in [0.2, 0.25) is 0 Å². The number of nitrogens with one attached hydrogen (secondary N) is 1. The van der Waals surface area contributed by atoms with Crippen LogP contribution in [0.4, 0.5) is 5.82 Å². The second kappa shape index (κ2) is 6.30. The Labute approximate surface area is 127 Å². The summed E-state index contributed by atoms with van der Waals surface area (Å²) in [6.07, 6.45) is 9.91. The highest BCUT2D eigenvalue weighted by Gasteiger charge is 2.36. The van der Waals surface area contributed by atoms with Crippen LogP contribution in [0.1, 0.15) is 55.6 Å². The second-order valence-electron chi connectivity index (χ2n) is 6.70. The SMILES string of the molecule is COCCC1(CNc2nc(C)nc3c2CCCC3)CCC1. The molecule has 0 amide bonds. The van der Waals surface area contributed by atoms with E-state index in [1.165, 1.54) is 43.4 Å². The Kier molecular flexibility index (Phi) is 4.43. The van der Waals surface area contributed by atoms with Crippen LogP contribution in [0, 0.1) is 12.3 Å². The van der Waals surface area contributed by atoms with Crippen molar-refractivity contribution in [2.75, 3.05) is 25.6 Å². The normalized spacial score (nSPS) is 19.7. The Morgan fingerprint density at radius 3 is 2.67 bits per heavy atom. The predicted molar refractivity (Wildman–Crippen MR) is 84.7 cm³/mol. The number of rotatable bonds is 6. The molecule has 1 N–H and O–H groups in total. The quantitative estimate of drug-likeness (QED) is 0.873. The van der Waals surface area contributed by atoms with Crippen molar-refractivity contribution in [2.24, 2.45) is 5.41 Å². The minimum Gasteiger partial charge on any atom is -0.385 e. The van der Waals surface area contributed by atoms with Crippen LogP contribution >= 0.6 is 0 Å². The minimum absolute atomic E-state index is 0.427. The maximum Gasteiger partial charge on any atom is 0.133 e. The fraction of sp³-hybridized carbons (Fsp3) is 0.765. The molecular formula is C17H27N3O. The smallest absolute Gasteiger partial charge is 0.133 e. The van der Waals surface area contributed by atoms with Gasteiger partial charge >= 0.3 is 0 Å². The van der Waals surface area contributed by atoms with E-state index in [9.17, 15) is 0 Å². The first kappa shape index (κ1) is 14.8. The summed E-state index contributed by atoms with van der Waals surface area (Å²) in [5, 5.41) is 3.66. The Hall–Kier alpha value is -1.16. The first-order valence-corrected chi connectivity index (χ1v) is 8.32. The molecule has 0 radical (unpaired) electrons. The molecule has 1 aromatic rings. The molecule has 0 unspecified atom stereocenters. The van der Waals surface area contributed by atoms with Crippen LogP contribution in [0.5, 0.6) is 0 Å². The summed E-state index contributed by atoms with van der Waals surface area (Å²) in [6, 6.07) is 0. The summed E-state index contributed by atoms with van der Waals surface area (Å²) in [5.41, 5.74) is 3.07. The van der Waals surface area contributed by atoms with Gasteiger partial charge in [0.1, 0.15) is 11.6 Å². The molecule has 1 saturated carbocycles. The molecule has 0 spiro atoms. The average molecular weight is 289 g/mol. The highest BCUT2D eigenvalue weighted by atomic mass is 16.5. The molecule has 4 heteroatoms. The fourth-order valence-corrected chi connectivity index (χ4v) is 3.65. The Morgan fingerprint density at radius 2 is 1.95 bits per heavy atom. The maximum absolute atomic E-state index is 5.28. The zero-order valence-corrected chi connectivity index (χ0v) is 13.4. The third-order valence-electron chi connectivity index (χ3n) is 5.18. The fourth-order valence-electron chi connectivity index (χ4n) is 3.65. The molecule has 0 atom stereocenters. The molecular weight excluding hydrogens is 262 g/mol. The average Bonchev–Trinajstić information content (AvgIpc) is 2.45. The second-order valence-corrected chi connectivity index (χ2v) is 6.70. The van der Waals surface area contributed by atoms with E-state index >= 15 is 0 Å². The minimum atomic E-state index is 0.427. The van der Waals surface area contributed by atoms with Gasteiger partial charge in [0.25, 0.3) is 0 Å². The van der Waals surface area contributed by atoms with Crippen LogP contribution in [0.15, 0.2) is 0 Å². The van der Waals surface area contributed by atoms with Crippen molar-refractivity contribution in [1.82, 2.24) is 9.97 Å². The van der Waals surface area contributed by atoms with E-state index in [2.05, 4.69) is 15.3 Å². The lowest BCUT2D eigenvalue weighted by atomic mass is 9.66. The zero-order chi connectivity index (χ0) is 14.7. The maximum atomic E-state index is 5.28. The third kappa shape index (κ3) is 3.20. The van der Waals surface area contributed by atoms with Gasteiger partial charge in [-0.1, -0.05) is 6.42 Å². The first-order chi connectivity index (χ1) is 10.2. The van der Waals surface area contributed by atoms with E-state index < -0.39 is 0 Å². The number of nitrogens with zero attached hydrogens (tertiary/aromatic N) is 2. The lowest BCUT2D eigenvalue weighted by Gasteiger charge is -2.42. The molecule has 116 valence electrons. The first-order valence-electron chi connectivity index (χ1n) is 8.32. The van der Waals surface area contributed by atoms with E-state index in [0.29, 0.717) is 5.41 Å². The number of fused-ring (bicyclic) bond motifs is 1. The van der Waals surface area contributed by atoms with Gasteiger partial charge in [-0.25, -0.2) is 9.97 Å². The van der Waals surface area contributed by atoms with E-state index in [1.54, 1.807) is 7.11 Å². The molecule has 1 heterocycles. The van der Waals surface area contributed by atoms with Crippen molar-refractivity contribution in [3.8, 4) is 0 Å². The van der Waals surface area contributed by atoms with Crippen molar-refractivity contribution in [2.45, 2.75) is 58.3 Å². The van der Waals surface area contributed by atoms with Crippen LogP contribution in [0.25, 0.3) is 0 Å². The van der Waals surface area contributed by atoms with Crippen LogP contribution in [0.3, 0.4) is 0 Å². The van der Waals surface area contributed by atoms with Gasteiger partial charge in [0, 0.05) is 31.5 Å². The molecule has 0 aliphatic heterocycles. The monoisotopic (exact) mass is 289 g/mol. The van der Waals surface area contributed by atoms with Gasteiger partial charge in [0.05, 0.1) is 0 Å². The standard InChI is InChI=1S/C17H27N3O/c1-13-19-15-7-4-3-6-14(15)16(20-13)18-12-17(8-5-9-17)10-11-21-2/h3-12H2,1-2H3,(H,18,19,20). The van der Waals surface area contributed by atoms with Gasteiger partial charge in [-0.3, -0.25) is 0 Å². The number of hydrogen-bond donors (Lipinski definition) is 1. The lowest BCUT2D eigenvalue weighted by Crippen LogP contribution is -2.38. The third-order valence-corrected chi connectivity index (χ3v) is 5.18. The number of methoxy groups -OCH3 is 1. The molecule has 3 rings (SSSR count). The van der Waals surface area contributed by atoms with Crippen molar-refractivity contribution >= 4 is 5.82 Å². The van der Waals surface area contributed by atoms with Crippen LogP contribution in [-0.4, -0.2) is 30.2 Å². The molecule has 0 aromatic carbocycles. The lowest BCUT2D eigenvalue weighted by molar-refractivity contribution is 0.0812. The Balaban J connectivity index is 1.71. The molecule has 2 aliphatic carbocycles. The van der Waals surface area contributed by atoms with Gasteiger partial charge in [-0.2, -0.15) is 0 Å². The molecule has 0 bridgehead atoms. The number of aromatic nitrogens is 2. The number of ether oxygens (including phenoxy) is 1. The van der Waals surface area contributed by atoms with Crippen LogP contribution < -0.4 is 5.32 Å². The van der Waals surface area contributed by atoms with E-state index in [0.717, 1.165) is 44.1 Å². The highest BCUT2D eigenvalue weighted by Crippen LogP contribution is 2.44. The summed E-state index contributed by atoms with van der Waals surface area (Å²) in [5.74, 6) is 2.00. The predicted octanol–water partition coefficient (Wildman–Crippen LogP) is 3.28. The summed E-state index contributed by atoms with van der Waals surface area (Å²) in [7, 11) is 1.80. The number of hydrogen-bond acceptors (Lipinski definition) is 4. The van der Waals surface area contributed by atoms with Crippen molar-refractivity contribution in [3.63, 3.8) is 0 Å². The largest absolute Gasteiger partial charge is 0.385 e. The van der Waals surface area contributed by atoms with E-state index in [-0.39, 0.29) is 0 Å². The Bertz CT molecular complexity index is 497. The molecule has 21 heavy (non-hydrogen) atoms. The van der Waals surface area contributed by atoms with Gasteiger partial charge in [0.15, 0.2) is 0 Å². The van der Waals surface area contributed by atoms with Crippen LogP contribution in [0.2, 0.25) is 0 Å². The molecule has 4 nitrogen and oxygen atoms in total. The van der Waals surface area contributed by atoms with Crippen molar-refractivity contribution in [3.05, 3.63) is 17.1 Å². The van der Waals surface area contributed by atoms with Gasteiger partial charge < -0.3 is 10.1 Å².